The van der Waals surface area contributed by atoms with Gasteiger partial charge < -0.3 is 44.4 Å². The Bertz CT molecular complexity index is 1890. The van der Waals surface area contributed by atoms with Crippen molar-refractivity contribution in [2.24, 2.45) is 0 Å². The highest BCUT2D eigenvalue weighted by Gasteiger charge is 2.37. The number of rotatable bonds is 5. The Morgan fingerprint density at radius 2 is 1.58 bits per heavy atom. The van der Waals surface area contributed by atoms with E-state index in [2.05, 4.69) is 38.5 Å². The minimum atomic E-state index is -1.04. The summed E-state index contributed by atoms with van der Waals surface area (Å²) in [5, 5.41) is 12.5. The molecule has 14 nitrogen and oxygen atoms in total. The predicted molar refractivity (Wildman–Crippen MR) is 191 cm³/mol. The molecule has 0 spiro atoms. The molecule has 14 heteroatoms. The molecule has 2 aromatic carbocycles. The zero-order valence-electron chi connectivity index (χ0n) is 29.5. The van der Waals surface area contributed by atoms with E-state index >= 15 is 0 Å². The van der Waals surface area contributed by atoms with E-state index < -0.39 is 18.2 Å². The normalized spacial score (nSPS) is 21.6. The van der Waals surface area contributed by atoms with E-state index in [1.165, 1.54) is 14.0 Å². The number of H-pyrrole nitrogens is 2. The second kappa shape index (κ2) is 15.6. The number of ether oxygens (including phenoxy) is 3. The Kier molecular flexibility index (Phi) is 10.5. The number of hydrogen-bond acceptors (Lipinski definition) is 9. The van der Waals surface area contributed by atoms with Crippen molar-refractivity contribution in [2.45, 2.75) is 69.7 Å². The van der Waals surface area contributed by atoms with Crippen molar-refractivity contribution in [1.29, 1.82) is 0 Å². The van der Waals surface area contributed by atoms with E-state index in [-0.39, 0.29) is 30.5 Å². The molecule has 0 radical (unpaired) electrons. The van der Waals surface area contributed by atoms with E-state index in [0.717, 1.165) is 77.3 Å². The highest BCUT2D eigenvalue weighted by atomic mass is 16.5. The fourth-order valence-corrected chi connectivity index (χ4v) is 7.32. The molecule has 3 aliphatic heterocycles. The Balaban J connectivity index is 1.12. The first-order valence-corrected chi connectivity index (χ1v) is 18.0. The van der Waals surface area contributed by atoms with Crippen molar-refractivity contribution in [3.05, 3.63) is 66.5 Å². The van der Waals surface area contributed by atoms with Crippen molar-refractivity contribution in [2.75, 3.05) is 40.0 Å². The molecule has 2 saturated heterocycles. The van der Waals surface area contributed by atoms with Crippen LogP contribution in [0.1, 0.15) is 69.2 Å². The average molecular weight is 712 g/mol. The van der Waals surface area contributed by atoms with Crippen molar-refractivity contribution < 1.29 is 33.7 Å². The number of aromatic nitrogens is 4. The predicted octanol–water partition coefficient (Wildman–Crippen LogP) is 4.76. The molecule has 2 aromatic heterocycles. The van der Waals surface area contributed by atoms with Gasteiger partial charge in [0.05, 0.1) is 56.2 Å². The van der Waals surface area contributed by atoms with Crippen molar-refractivity contribution in [3.8, 4) is 39.4 Å². The number of hydrogen-bond donors (Lipinski definition) is 4. The summed E-state index contributed by atoms with van der Waals surface area (Å²) in [6.45, 7) is 3.57. The van der Waals surface area contributed by atoms with E-state index in [4.69, 9.17) is 19.2 Å². The lowest BCUT2D eigenvalue weighted by Gasteiger charge is -2.28. The van der Waals surface area contributed by atoms with Crippen LogP contribution in [0.4, 0.5) is 4.79 Å². The quantitative estimate of drug-likeness (QED) is 0.228. The highest BCUT2D eigenvalue weighted by Crippen LogP contribution is 2.38. The summed E-state index contributed by atoms with van der Waals surface area (Å²) in [6, 6.07) is 13.0. The minimum Gasteiger partial charge on any atom is -0.493 e. The molecule has 2 bridgehead atoms. The second-order valence-corrected chi connectivity index (χ2v) is 13.5. The van der Waals surface area contributed by atoms with Crippen LogP contribution < -0.4 is 10.1 Å². The molecule has 52 heavy (non-hydrogen) atoms. The smallest absolute Gasteiger partial charge is 0.407 e. The number of aliphatic hydroxyl groups excluding tert-OH is 1. The first-order chi connectivity index (χ1) is 25.3. The van der Waals surface area contributed by atoms with Crippen LogP contribution in [-0.4, -0.2) is 105 Å². The zero-order valence-corrected chi connectivity index (χ0v) is 29.5. The number of carbonyl (C=O) groups is 3. The Hall–Kier alpha value is -5.21. The number of likely N-dealkylation sites (tertiary alicyclic amines) is 1. The first kappa shape index (κ1) is 35.2. The summed E-state index contributed by atoms with van der Waals surface area (Å²) in [6.07, 6.45) is 6.50. The standard InChI is InChI=1S/C38H45N7O7/c1-23(46)36(47)44-15-5-7-31(44)34-39-20-28(41-34)25-11-9-24(10-12-25)26-13-14-27-29-21-40-35(42-29)32-8-6-16-45(32)37(48)30(43-38(49)50-2)22-51-17-3-4-18-52-33(27)19-26/h9-14,19-21,23,30-32,46H,3-8,15-18,22H2,1-2H3,(H,39,41)(H,40,42)(H,43,49)/t23-,30+,31+,32+/m1/s1. The highest BCUT2D eigenvalue weighted by molar-refractivity contribution is 5.86. The maximum absolute atomic E-state index is 13.7. The number of fused-ring (bicyclic) bond motifs is 6. The van der Waals surface area contributed by atoms with Crippen LogP contribution in [0.15, 0.2) is 54.9 Å². The molecule has 0 aliphatic carbocycles. The van der Waals surface area contributed by atoms with Crippen LogP contribution in [0.25, 0.3) is 33.6 Å². The van der Waals surface area contributed by atoms with Crippen LogP contribution in [0.2, 0.25) is 0 Å². The fourth-order valence-electron chi connectivity index (χ4n) is 7.32. The maximum Gasteiger partial charge on any atom is 0.407 e. The van der Waals surface area contributed by atoms with Gasteiger partial charge in [-0.05, 0) is 74.3 Å². The summed E-state index contributed by atoms with van der Waals surface area (Å²) in [7, 11) is 1.27. The van der Waals surface area contributed by atoms with Gasteiger partial charge in [0.1, 0.15) is 29.5 Å². The van der Waals surface area contributed by atoms with Crippen molar-refractivity contribution >= 4 is 17.9 Å². The molecular formula is C38H45N7O7. The van der Waals surface area contributed by atoms with Gasteiger partial charge in [-0.3, -0.25) is 9.59 Å². The number of methoxy groups -OCH3 is 1. The first-order valence-electron chi connectivity index (χ1n) is 18.0. The molecule has 4 aromatic rings. The van der Waals surface area contributed by atoms with Gasteiger partial charge in [-0.25, -0.2) is 14.8 Å². The summed E-state index contributed by atoms with van der Waals surface area (Å²) in [5.74, 6) is 1.62. The van der Waals surface area contributed by atoms with Crippen LogP contribution in [0.5, 0.6) is 5.75 Å². The average Bonchev–Trinajstić information content (AvgIpc) is 3.99. The Labute approximate surface area is 301 Å². The summed E-state index contributed by atoms with van der Waals surface area (Å²) >= 11 is 0. The molecule has 2 fully saturated rings. The third kappa shape index (κ3) is 7.39. The van der Waals surface area contributed by atoms with Gasteiger partial charge in [-0.2, -0.15) is 0 Å². The fraction of sp³-hybridized carbons (Fsp3) is 0.447. The largest absolute Gasteiger partial charge is 0.493 e. The van der Waals surface area contributed by atoms with Crippen LogP contribution >= 0.6 is 0 Å². The van der Waals surface area contributed by atoms with Gasteiger partial charge in [0.2, 0.25) is 5.91 Å². The van der Waals surface area contributed by atoms with E-state index in [0.29, 0.717) is 38.5 Å². The van der Waals surface area contributed by atoms with E-state index in [1.807, 2.05) is 24.3 Å². The number of nitrogens with one attached hydrogen (secondary N) is 3. The molecule has 3 amide bonds. The lowest BCUT2D eigenvalue weighted by atomic mass is 10.00. The Morgan fingerprint density at radius 1 is 0.904 bits per heavy atom. The summed E-state index contributed by atoms with van der Waals surface area (Å²) in [5.41, 5.74) is 5.48. The number of alkyl carbamates (subject to hydrolysis) is 1. The molecule has 4 atom stereocenters. The molecule has 4 N–H and O–H groups in total. The van der Waals surface area contributed by atoms with E-state index in [1.54, 1.807) is 22.2 Å². The molecule has 0 unspecified atom stereocenters. The number of benzene rings is 2. The monoisotopic (exact) mass is 711 g/mol. The number of imidazole rings is 2. The third-order valence-electron chi connectivity index (χ3n) is 10.1. The topological polar surface area (TPSA) is 175 Å². The lowest BCUT2D eigenvalue weighted by molar-refractivity contribution is -0.140. The van der Waals surface area contributed by atoms with Crippen LogP contribution in [0, 0.1) is 0 Å². The van der Waals surface area contributed by atoms with Gasteiger partial charge >= 0.3 is 6.09 Å². The summed E-state index contributed by atoms with van der Waals surface area (Å²) < 4.78 is 17.0. The number of nitrogens with zero attached hydrogens (tertiary/aromatic N) is 4. The zero-order chi connectivity index (χ0) is 36.2. The van der Waals surface area contributed by atoms with Gasteiger partial charge in [-0.1, -0.05) is 30.3 Å². The van der Waals surface area contributed by atoms with Crippen molar-refractivity contribution in [1.82, 2.24) is 35.1 Å². The van der Waals surface area contributed by atoms with Gasteiger partial charge in [0, 0.05) is 25.3 Å². The number of amides is 3. The van der Waals surface area contributed by atoms with Gasteiger partial charge in [-0.15, -0.1) is 0 Å². The van der Waals surface area contributed by atoms with E-state index in [9.17, 15) is 19.5 Å². The third-order valence-corrected chi connectivity index (χ3v) is 10.1. The lowest BCUT2D eigenvalue weighted by Crippen LogP contribution is -2.50. The van der Waals surface area contributed by atoms with Crippen molar-refractivity contribution in [3.63, 3.8) is 0 Å². The molecule has 3 aliphatic rings. The number of aromatic amines is 2. The van der Waals surface area contributed by atoms with Gasteiger partial charge in [0.25, 0.3) is 5.91 Å². The van der Waals surface area contributed by atoms with Crippen LogP contribution in [0.3, 0.4) is 0 Å². The minimum absolute atomic E-state index is 0.0397. The molecule has 0 saturated carbocycles. The molecule has 7 rings (SSSR count). The molecule has 274 valence electrons. The molecular weight excluding hydrogens is 666 g/mol. The van der Waals surface area contributed by atoms with Crippen LogP contribution in [-0.2, 0) is 19.1 Å². The number of aliphatic hydroxyl groups is 1. The Morgan fingerprint density at radius 3 is 2.37 bits per heavy atom. The second-order valence-electron chi connectivity index (χ2n) is 13.5. The van der Waals surface area contributed by atoms with Gasteiger partial charge in [0.15, 0.2) is 0 Å². The summed E-state index contributed by atoms with van der Waals surface area (Å²) in [4.78, 5) is 57.9. The number of carbonyl (C=O) groups excluding carboxylic acids is 3. The molecule has 5 heterocycles. The SMILES string of the molecule is COC(=O)N[C@H]1COCCCCOc2cc(-c3ccc(-c4cnc([C@@H]5CCCN5C(=O)[C@@H](C)O)[nH]4)cc3)ccc2-c2cnc([nH]2)[C@@H]2CCCN2C1=O. The maximum atomic E-state index is 13.7.